The number of nitro benzene ring substituents is 1. The molecular weight excluding hydrogens is 396 g/mol. The number of non-ortho nitro benzene ring substituents is 1. The summed E-state index contributed by atoms with van der Waals surface area (Å²) >= 11 is 0. The zero-order valence-corrected chi connectivity index (χ0v) is 16.6. The van der Waals surface area contributed by atoms with Crippen molar-refractivity contribution in [1.29, 1.82) is 0 Å². The first kappa shape index (κ1) is 20.0. The van der Waals surface area contributed by atoms with Crippen molar-refractivity contribution >= 4 is 34.2 Å². The van der Waals surface area contributed by atoms with Gasteiger partial charge in [-0.3, -0.25) is 14.9 Å². The highest BCUT2D eigenvalue weighted by atomic mass is 16.6. The number of para-hydroxylation sites is 2. The highest BCUT2D eigenvalue weighted by Crippen LogP contribution is 2.27. The van der Waals surface area contributed by atoms with E-state index in [9.17, 15) is 14.9 Å². The van der Waals surface area contributed by atoms with Gasteiger partial charge in [0.25, 0.3) is 5.69 Å². The van der Waals surface area contributed by atoms with Crippen LogP contribution >= 0.6 is 0 Å². The Morgan fingerprint density at radius 2 is 1.77 bits per heavy atom. The summed E-state index contributed by atoms with van der Waals surface area (Å²) in [6, 6.07) is 20.0. The second-order valence-electron chi connectivity index (χ2n) is 6.68. The molecule has 4 aromatic rings. The minimum Gasteiger partial charge on any atom is -0.494 e. The quantitative estimate of drug-likeness (QED) is 0.170. The molecule has 0 fully saturated rings. The van der Waals surface area contributed by atoms with Crippen LogP contribution in [0.2, 0.25) is 0 Å². The molecule has 0 unspecified atom stereocenters. The Kier molecular flexibility index (Phi) is 5.57. The molecule has 7 heteroatoms. The van der Waals surface area contributed by atoms with E-state index in [2.05, 4.69) is 4.98 Å². The van der Waals surface area contributed by atoms with Crippen molar-refractivity contribution in [3.8, 4) is 5.75 Å². The second kappa shape index (κ2) is 8.62. The first-order valence-corrected chi connectivity index (χ1v) is 9.65. The molecule has 1 heterocycles. The fourth-order valence-electron chi connectivity index (χ4n) is 3.10. The minimum absolute atomic E-state index is 0.0293. The lowest BCUT2D eigenvalue weighted by molar-refractivity contribution is -0.384. The summed E-state index contributed by atoms with van der Waals surface area (Å²) in [5.41, 5.74) is 2.46. The average molecular weight is 414 g/mol. The third-order valence-electron chi connectivity index (χ3n) is 4.61. The van der Waals surface area contributed by atoms with Gasteiger partial charge in [0, 0.05) is 17.7 Å². The van der Waals surface area contributed by atoms with E-state index in [0.717, 1.165) is 0 Å². The molecule has 0 radical (unpaired) electrons. The third-order valence-corrected chi connectivity index (χ3v) is 4.61. The van der Waals surface area contributed by atoms with Crippen LogP contribution in [-0.2, 0) is 0 Å². The number of carbonyl (C=O) groups excluding carboxylic acids is 1. The summed E-state index contributed by atoms with van der Waals surface area (Å²) in [5, 5.41) is 10.9. The van der Waals surface area contributed by atoms with Gasteiger partial charge in [-0.25, -0.2) is 4.98 Å². The van der Waals surface area contributed by atoms with Crippen LogP contribution in [0.4, 0.5) is 5.69 Å². The molecule has 154 valence electrons. The van der Waals surface area contributed by atoms with Crippen molar-refractivity contribution in [2.45, 2.75) is 6.92 Å². The molecule has 31 heavy (non-hydrogen) atoms. The van der Waals surface area contributed by atoms with E-state index in [1.54, 1.807) is 54.6 Å². The molecule has 0 N–H and O–H groups in total. The maximum atomic E-state index is 13.4. The van der Waals surface area contributed by atoms with Crippen LogP contribution in [0.3, 0.4) is 0 Å². The number of Topliss-reactive ketones (excluding diaryl/α,β-unsaturated/α-hetero) is 1. The number of hydrogen-bond acceptors (Lipinski definition) is 6. The summed E-state index contributed by atoms with van der Waals surface area (Å²) in [6.45, 7) is 2.42. The van der Waals surface area contributed by atoms with Crippen LogP contribution < -0.4 is 4.74 Å². The Bertz CT molecular complexity index is 1240. The summed E-state index contributed by atoms with van der Waals surface area (Å²) in [6.07, 6.45) is 1.62. The van der Waals surface area contributed by atoms with Crippen LogP contribution in [0, 0.1) is 10.1 Å². The molecule has 0 saturated carbocycles. The molecule has 4 rings (SSSR count). The number of allylic oxidation sites excluding steroid dienone is 1. The zero-order chi connectivity index (χ0) is 21.8. The minimum atomic E-state index is -0.472. The molecule has 1 aromatic heterocycles. The SMILES string of the molecule is CCOc1ccc(C(=O)/C(=C\c2ccc([N+](=O)[O-])cc2)c2nc3ccccc3o2)cc1. The fourth-order valence-corrected chi connectivity index (χ4v) is 3.10. The first-order valence-electron chi connectivity index (χ1n) is 9.65. The number of hydrogen-bond donors (Lipinski definition) is 0. The van der Waals surface area contributed by atoms with Gasteiger partial charge < -0.3 is 9.15 Å². The molecule has 0 aliphatic rings. The first-order chi connectivity index (χ1) is 15.0. The van der Waals surface area contributed by atoms with Gasteiger partial charge in [-0.2, -0.15) is 0 Å². The number of fused-ring (bicyclic) bond motifs is 1. The number of rotatable bonds is 7. The average Bonchev–Trinajstić information content (AvgIpc) is 3.22. The van der Waals surface area contributed by atoms with Gasteiger partial charge in [0.15, 0.2) is 11.4 Å². The Balaban J connectivity index is 1.78. The van der Waals surface area contributed by atoms with Crippen LogP contribution in [0.5, 0.6) is 5.75 Å². The lowest BCUT2D eigenvalue weighted by Gasteiger charge is -2.06. The highest BCUT2D eigenvalue weighted by Gasteiger charge is 2.20. The molecule has 0 aliphatic carbocycles. The molecule has 0 amide bonds. The number of benzene rings is 3. The molecule has 3 aromatic carbocycles. The van der Waals surface area contributed by atoms with Crippen molar-refractivity contribution in [3.05, 3.63) is 99.9 Å². The van der Waals surface area contributed by atoms with E-state index in [-0.39, 0.29) is 22.9 Å². The lowest BCUT2D eigenvalue weighted by atomic mass is 10.0. The molecule has 0 bridgehead atoms. The van der Waals surface area contributed by atoms with Crippen molar-refractivity contribution in [1.82, 2.24) is 4.98 Å². The fraction of sp³-hybridized carbons (Fsp3) is 0.0833. The number of carbonyl (C=O) groups is 1. The summed E-state index contributed by atoms with van der Waals surface area (Å²) in [5.74, 6) is 0.563. The predicted octanol–water partition coefficient (Wildman–Crippen LogP) is 5.56. The Morgan fingerprint density at radius 1 is 1.06 bits per heavy atom. The number of oxazole rings is 1. The normalized spacial score (nSPS) is 11.5. The van der Waals surface area contributed by atoms with E-state index in [1.807, 2.05) is 19.1 Å². The number of nitrogens with zero attached hydrogens (tertiary/aromatic N) is 2. The van der Waals surface area contributed by atoms with Crippen LogP contribution in [-0.4, -0.2) is 22.3 Å². The van der Waals surface area contributed by atoms with Gasteiger partial charge in [-0.1, -0.05) is 12.1 Å². The Hall–Kier alpha value is -4.26. The second-order valence-corrected chi connectivity index (χ2v) is 6.68. The standard InChI is InChI=1S/C24H18N2O5/c1-2-30-19-13-9-17(10-14-19)23(27)20(15-16-7-11-18(12-8-16)26(28)29)24-25-21-5-3-4-6-22(21)31-24/h3-15H,2H2,1H3/b20-15+. The van der Waals surface area contributed by atoms with Gasteiger partial charge in [0.05, 0.1) is 17.1 Å². The molecule has 7 nitrogen and oxygen atoms in total. The van der Waals surface area contributed by atoms with Gasteiger partial charge in [-0.15, -0.1) is 0 Å². The molecule has 0 saturated heterocycles. The maximum absolute atomic E-state index is 13.4. The van der Waals surface area contributed by atoms with E-state index in [0.29, 0.717) is 34.6 Å². The number of aromatic nitrogens is 1. The molecular formula is C24H18N2O5. The Morgan fingerprint density at radius 3 is 2.42 bits per heavy atom. The smallest absolute Gasteiger partial charge is 0.269 e. The van der Waals surface area contributed by atoms with Crippen molar-refractivity contribution in [2.75, 3.05) is 6.61 Å². The topological polar surface area (TPSA) is 95.5 Å². The molecule has 0 aliphatic heterocycles. The largest absolute Gasteiger partial charge is 0.494 e. The van der Waals surface area contributed by atoms with Crippen LogP contribution in [0.15, 0.2) is 77.2 Å². The van der Waals surface area contributed by atoms with E-state index >= 15 is 0 Å². The van der Waals surface area contributed by atoms with Crippen molar-refractivity contribution < 1.29 is 18.9 Å². The monoisotopic (exact) mass is 414 g/mol. The summed E-state index contributed by atoms with van der Waals surface area (Å²) < 4.78 is 11.3. The zero-order valence-electron chi connectivity index (χ0n) is 16.6. The summed E-state index contributed by atoms with van der Waals surface area (Å²) in [7, 11) is 0. The number of nitro groups is 1. The lowest BCUT2D eigenvalue weighted by Crippen LogP contribution is -2.03. The van der Waals surface area contributed by atoms with Gasteiger partial charge >= 0.3 is 0 Å². The summed E-state index contributed by atoms with van der Waals surface area (Å²) in [4.78, 5) is 28.3. The van der Waals surface area contributed by atoms with Gasteiger partial charge in [-0.05, 0) is 67.1 Å². The highest BCUT2D eigenvalue weighted by molar-refractivity contribution is 6.31. The van der Waals surface area contributed by atoms with Gasteiger partial charge in [0.1, 0.15) is 11.3 Å². The predicted molar refractivity (Wildman–Crippen MR) is 117 cm³/mol. The van der Waals surface area contributed by atoms with E-state index in [1.165, 1.54) is 12.1 Å². The number of ether oxygens (including phenoxy) is 1. The van der Waals surface area contributed by atoms with Gasteiger partial charge in [0.2, 0.25) is 5.89 Å². The number of ketones is 1. The van der Waals surface area contributed by atoms with Crippen molar-refractivity contribution in [2.24, 2.45) is 0 Å². The van der Waals surface area contributed by atoms with Crippen LogP contribution in [0.25, 0.3) is 22.7 Å². The van der Waals surface area contributed by atoms with Crippen molar-refractivity contribution in [3.63, 3.8) is 0 Å². The maximum Gasteiger partial charge on any atom is 0.269 e. The third kappa shape index (κ3) is 4.35. The molecule has 0 atom stereocenters. The van der Waals surface area contributed by atoms with Crippen LogP contribution in [0.1, 0.15) is 28.7 Å². The van der Waals surface area contributed by atoms with E-state index < -0.39 is 4.92 Å². The Labute approximate surface area is 177 Å². The van der Waals surface area contributed by atoms with E-state index in [4.69, 9.17) is 9.15 Å². The molecule has 0 spiro atoms.